The molecule has 2 aromatic heterocycles. The predicted molar refractivity (Wildman–Crippen MR) is 89.6 cm³/mol. The molecule has 1 aliphatic rings. The molecule has 1 atom stereocenters. The van der Waals surface area contributed by atoms with E-state index in [0.29, 0.717) is 6.04 Å². The van der Waals surface area contributed by atoms with Crippen LogP contribution in [-0.4, -0.2) is 28.5 Å². The van der Waals surface area contributed by atoms with Gasteiger partial charge in [-0.1, -0.05) is 18.2 Å². The highest BCUT2D eigenvalue weighted by atomic mass is 15.1. The van der Waals surface area contributed by atoms with Gasteiger partial charge in [-0.15, -0.1) is 0 Å². The Labute approximate surface area is 130 Å². The third kappa shape index (κ3) is 2.28. The van der Waals surface area contributed by atoms with Crippen molar-refractivity contribution in [3.63, 3.8) is 0 Å². The fourth-order valence-electron chi connectivity index (χ4n) is 3.46. The second-order valence-electron chi connectivity index (χ2n) is 6.02. The van der Waals surface area contributed by atoms with Crippen LogP contribution in [0.3, 0.4) is 0 Å². The molecule has 0 amide bonds. The largest absolute Gasteiger partial charge is 0.299 e. The summed E-state index contributed by atoms with van der Waals surface area (Å²) in [6.07, 6.45) is 8.35. The van der Waals surface area contributed by atoms with Crippen LogP contribution in [0.4, 0.5) is 0 Å². The molecule has 1 aromatic carbocycles. The molecule has 0 bridgehead atoms. The highest BCUT2D eigenvalue weighted by Crippen LogP contribution is 2.36. The van der Waals surface area contributed by atoms with E-state index < -0.39 is 0 Å². The van der Waals surface area contributed by atoms with Crippen LogP contribution in [0.5, 0.6) is 0 Å². The Kier molecular flexibility index (Phi) is 3.35. The summed E-state index contributed by atoms with van der Waals surface area (Å²) < 4.78 is 0. The maximum Gasteiger partial charge on any atom is 0.0702 e. The molecule has 0 aliphatic carbocycles. The minimum atomic E-state index is 0.468. The molecule has 3 aromatic rings. The first-order valence-electron chi connectivity index (χ1n) is 7.82. The fourth-order valence-corrected chi connectivity index (χ4v) is 3.46. The zero-order chi connectivity index (χ0) is 14.9. The number of fused-ring (bicyclic) bond motifs is 1. The van der Waals surface area contributed by atoms with Crippen LogP contribution in [0.25, 0.3) is 22.0 Å². The Hall–Kier alpha value is -2.26. The van der Waals surface area contributed by atoms with Crippen LogP contribution in [0.1, 0.15) is 24.4 Å². The highest BCUT2D eigenvalue weighted by molar-refractivity contribution is 5.84. The smallest absolute Gasteiger partial charge is 0.0702 e. The molecular formula is C19H19N3. The first-order chi connectivity index (χ1) is 10.8. The van der Waals surface area contributed by atoms with Gasteiger partial charge in [0, 0.05) is 35.6 Å². The summed E-state index contributed by atoms with van der Waals surface area (Å²) in [5, 5.41) is 1.18. The average molecular weight is 289 g/mol. The molecule has 1 fully saturated rings. The molecule has 0 radical (unpaired) electrons. The standard InChI is InChI=1S/C19H19N3/c1-22-10-4-7-19(22)17-13-20-9-8-16(17)15-11-14-5-2-3-6-18(14)21-12-15/h2-3,5-6,8-9,11-13,19H,4,7,10H2,1H3/t19-/m0/s1. The van der Waals surface area contributed by atoms with Crippen molar-refractivity contribution in [3.05, 3.63) is 60.6 Å². The van der Waals surface area contributed by atoms with Crippen molar-refractivity contribution >= 4 is 10.9 Å². The minimum absolute atomic E-state index is 0.468. The lowest BCUT2D eigenvalue weighted by atomic mass is 9.96. The van der Waals surface area contributed by atoms with E-state index >= 15 is 0 Å². The summed E-state index contributed by atoms with van der Waals surface area (Å²) in [5.74, 6) is 0. The van der Waals surface area contributed by atoms with E-state index in [2.05, 4.69) is 52.2 Å². The van der Waals surface area contributed by atoms with Gasteiger partial charge >= 0.3 is 0 Å². The van der Waals surface area contributed by atoms with Crippen molar-refractivity contribution in [1.82, 2.24) is 14.9 Å². The third-order valence-electron chi connectivity index (χ3n) is 4.63. The molecule has 1 aliphatic heterocycles. The number of pyridine rings is 2. The molecule has 22 heavy (non-hydrogen) atoms. The van der Waals surface area contributed by atoms with E-state index in [-0.39, 0.29) is 0 Å². The van der Waals surface area contributed by atoms with E-state index in [4.69, 9.17) is 0 Å². The molecule has 0 saturated carbocycles. The number of benzene rings is 1. The van der Waals surface area contributed by atoms with Gasteiger partial charge in [-0.2, -0.15) is 0 Å². The lowest BCUT2D eigenvalue weighted by molar-refractivity contribution is 0.317. The summed E-state index contributed by atoms with van der Waals surface area (Å²) in [6, 6.07) is 13.1. The van der Waals surface area contributed by atoms with Crippen molar-refractivity contribution in [2.24, 2.45) is 0 Å². The molecular weight excluding hydrogens is 270 g/mol. The molecule has 110 valence electrons. The molecule has 1 saturated heterocycles. The molecule has 0 unspecified atom stereocenters. The van der Waals surface area contributed by atoms with E-state index in [0.717, 1.165) is 12.1 Å². The van der Waals surface area contributed by atoms with E-state index in [1.807, 2.05) is 24.7 Å². The number of nitrogens with zero attached hydrogens (tertiary/aromatic N) is 3. The second kappa shape index (κ2) is 5.50. The Morgan fingerprint density at radius 1 is 1.14 bits per heavy atom. The van der Waals surface area contributed by atoms with E-state index in [1.54, 1.807) is 0 Å². The first kappa shape index (κ1) is 13.4. The lowest BCUT2D eigenvalue weighted by Crippen LogP contribution is -2.18. The molecule has 4 rings (SSSR count). The van der Waals surface area contributed by atoms with Crippen LogP contribution in [-0.2, 0) is 0 Å². The van der Waals surface area contributed by atoms with Crippen LogP contribution < -0.4 is 0 Å². The topological polar surface area (TPSA) is 29.0 Å². The summed E-state index contributed by atoms with van der Waals surface area (Å²) in [5.41, 5.74) is 4.79. The average Bonchev–Trinajstić information content (AvgIpc) is 3.00. The zero-order valence-corrected chi connectivity index (χ0v) is 12.7. The van der Waals surface area contributed by atoms with Crippen LogP contribution in [0, 0.1) is 0 Å². The summed E-state index contributed by atoms with van der Waals surface area (Å²) >= 11 is 0. The number of likely N-dealkylation sites (tertiary alicyclic amines) is 1. The molecule has 0 spiro atoms. The zero-order valence-electron chi connectivity index (χ0n) is 12.7. The summed E-state index contributed by atoms with van der Waals surface area (Å²) in [4.78, 5) is 11.4. The van der Waals surface area contributed by atoms with Crippen molar-refractivity contribution in [2.75, 3.05) is 13.6 Å². The van der Waals surface area contributed by atoms with Crippen molar-refractivity contribution in [3.8, 4) is 11.1 Å². The van der Waals surface area contributed by atoms with Gasteiger partial charge in [0.25, 0.3) is 0 Å². The van der Waals surface area contributed by atoms with Crippen LogP contribution in [0.15, 0.2) is 55.0 Å². The van der Waals surface area contributed by atoms with Crippen LogP contribution >= 0.6 is 0 Å². The lowest BCUT2D eigenvalue weighted by Gasteiger charge is -2.22. The molecule has 3 heteroatoms. The van der Waals surface area contributed by atoms with Gasteiger partial charge in [0.2, 0.25) is 0 Å². The minimum Gasteiger partial charge on any atom is -0.299 e. The van der Waals surface area contributed by atoms with E-state index in [1.165, 1.54) is 34.9 Å². The normalized spacial score (nSPS) is 18.9. The maximum atomic E-state index is 4.61. The monoisotopic (exact) mass is 289 g/mol. The molecule has 0 N–H and O–H groups in total. The Balaban J connectivity index is 1.84. The van der Waals surface area contributed by atoms with Gasteiger partial charge in [-0.05, 0) is 55.8 Å². The first-order valence-corrected chi connectivity index (χ1v) is 7.82. The number of para-hydroxylation sites is 1. The summed E-state index contributed by atoms with van der Waals surface area (Å²) in [7, 11) is 2.20. The van der Waals surface area contributed by atoms with Gasteiger partial charge in [0.05, 0.1) is 5.52 Å². The van der Waals surface area contributed by atoms with Crippen molar-refractivity contribution in [2.45, 2.75) is 18.9 Å². The van der Waals surface area contributed by atoms with Gasteiger partial charge in [0.1, 0.15) is 0 Å². The van der Waals surface area contributed by atoms with Gasteiger partial charge < -0.3 is 0 Å². The molecule has 3 nitrogen and oxygen atoms in total. The van der Waals surface area contributed by atoms with E-state index in [9.17, 15) is 0 Å². The number of hydrogen-bond acceptors (Lipinski definition) is 3. The predicted octanol–water partition coefficient (Wildman–Crippen LogP) is 4.06. The van der Waals surface area contributed by atoms with Crippen molar-refractivity contribution < 1.29 is 0 Å². The highest BCUT2D eigenvalue weighted by Gasteiger charge is 2.25. The maximum absolute atomic E-state index is 4.61. The number of hydrogen-bond donors (Lipinski definition) is 0. The van der Waals surface area contributed by atoms with Crippen LogP contribution in [0.2, 0.25) is 0 Å². The summed E-state index contributed by atoms with van der Waals surface area (Å²) in [6.45, 7) is 1.16. The number of aromatic nitrogens is 2. The quantitative estimate of drug-likeness (QED) is 0.712. The Morgan fingerprint density at radius 3 is 2.91 bits per heavy atom. The van der Waals surface area contributed by atoms with Gasteiger partial charge in [-0.3, -0.25) is 14.9 Å². The second-order valence-corrected chi connectivity index (χ2v) is 6.02. The van der Waals surface area contributed by atoms with Crippen molar-refractivity contribution in [1.29, 1.82) is 0 Å². The number of rotatable bonds is 2. The molecule has 3 heterocycles. The SMILES string of the molecule is CN1CCC[C@H]1c1cnccc1-c1cnc2ccccc2c1. The van der Waals surface area contributed by atoms with Gasteiger partial charge in [-0.25, -0.2) is 0 Å². The Bertz CT molecular complexity index is 812. The fraction of sp³-hybridized carbons (Fsp3) is 0.263. The third-order valence-corrected chi connectivity index (χ3v) is 4.63. The van der Waals surface area contributed by atoms with Gasteiger partial charge in [0.15, 0.2) is 0 Å². The Morgan fingerprint density at radius 2 is 2.05 bits per heavy atom.